The second-order valence-corrected chi connectivity index (χ2v) is 8.90. The molecule has 2 aliphatic heterocycles. The van der Waals surface area contributed by atoms with Gasteiger partial charge in [-0.1, -0.05) is 60.2 Å². The number of sulfonamides is 1. The van der Waals surface area contributed by atoms with Crippen molar-refractivity contribution in [1.82, 2.24) is 4.31 Å². The molecule has 1 fully saturated rings. The molecule has 2 aromatic rings. The molecule has 136 valence electrons. The molecule has 2 unspecified atom stereocenters. The summed E-state index contributed by atoms with van der Waals surface area (Å²) in [6.45, 7) is 2.98. The number of ether oxygens (including phenoxy) is 1. The van der Waals surface area contributed by atoms with Crippen molar-refractivity contribution in [3.05, 3.63) is 77.9 Å². The van der Waals surface area contributed by atoms with Gasteiger partial charge in [-0.25, -0.2) is 8.42 Å². The van der Waals surface area contributed by atoms with Crippen molar-refractivity contribution in [3.63, 3.8) is 0 Å². The fourth-order valence-corrected chi connectivity index (χ4v) is 5.73. The van der Waals surface area contributed by atoms with Gasteiger partial charge in [0.1, 0.15) is 5.60 Å². The Bertz CT molecular complexity index is 906. The van der Waals surface area contributed by atoms with E-state index >= 15 is 0 Å². The molecule has 0 N–H and O–H groups in total. The minimum Gasteiger partial charge on any atom is -0.365 e. The van der Waals surface area contributed by atoms with Crippen LogP contribution in [-0.4, -0.2) is 31.5 Å². The number of benzene rings is 2. The molecule has 4 rings (SSSR count). The predicted octanol–water partition coefficient (Wildman–Crippen LogP) is 3.85. The van der Waals surface area contributed by atoms with Gasteiger partial charge in [0.05, 0.1) is 17.5 Å². The molecule has 1 saturated heterocycles. The van der Waals surface area contributed by atoms with Gasteiger partial charge in [-0.15, -0.1) is 0 Å². The average Bonchev–Trinajstić information content (AvgIpc) is 3.11. The molecule has 2 aliphatic rings. The third-order valence-corrected chi connectivity index (χ3v) is 7.17. The number of rotatable bonds is 3. The first-order valence-electron chi connectivity index (χ1n) is 8.98. The van der Waals surface area contributed by atoms with Crippen molar-refractivity contribution in [2.75, 3.05) is 13.2 Å². The summed E-state index contributed by atoms with van der Waals surface area (Å²) in [6, 6.07) is 16.5. The molecule has 0 aromatic heterocycles. The molecule has 1 spiro atoms. The largest absolute Gasteiger partial charge is 0.365 e. The summed E-state index contributed by atoms with van der Waals surface area (Å²) in [6.07, 6.45) is 5.65. The van der Waals surface area contributed by atoms with Crippen molar-refractivity contribution >= 4 is 10.0 Å². The van der Waals surface area contributed by atoms with E-state index in [-0.39, 0.29) is 6.04 Å². The van der Waals surface area contributed by atoms with E-state index in [0.717, 1.165) is 24.0 Å². The van der Waals surface area contributed by atoms with Gasteiger partial charge in [0, 0.05) is 6.54 Å². The molecule has 4 nitrogen and oxygen atoms in total. The number of hydrogen-bond acceptors (Lipinski definition) is 3. The lowest BCUT2D eigenvalue weighted by Crippen LogP contribution is -2.52. The van der Waals surface area contributed by atoms with Crippen LogP contribution >= 0.6 is 0 Å². The molecule has 5 heteroatoms. The minimum absolute atomic E-state index is 0.336. The third-order valence-electron chi connectivity index (χ3n) is 5.29. The van der Waals surface area contributed by atoms with Crippen LogP contribution in [0.15, 0.2) is 71.6 Å². The van der Waals surface area contributed by atoms with E-state index < -0.39 is 15.6 Å². The molecule has 26 heavy (non-hydrogen) atoms. The Balaban J connectivity index is 1.82. The zero-order valence-corrected chi connectivity index (χ0v) is 15.7. The van der Waals surface area contributed by atoms with E-state index in [1.165, 1.54) is 0 Å². The highest BCUT2D eigenvalue weighted by atomic mass is 32.2. The summed E-state index contributed by atoms with van der Waals surface area (Å²) in [5, 5.41) is 0. The third kappa shape index (κ3) is 2.90. The first-order chi connectivity index (χ1) is 12.5. The van der Waals surface area contributed by atoms with E-state index in [0.29, 0.717) is 18.0 Å². The van der Waals surface area contributed by atoms with E-state index in [1.54, 1.807) is 16.4 Å². The first kappa shape index (κ1) is 17.5. The lowest BCUT2D eigenvalue weighted by atomic mass is 9.82. The smallest absolute Gasteiger partial charge is 0.243 e. The normalized spacial score (nSPS) is 26.4. The maximum absolute atomic E-state index is 13.5. The van der Waals surface area contributed by atoms with E-state index in [9.17, 15) is 8.42 Å². The van der Waals surface area contributed by atoms with Gasteiger partial charge in [-0.05, 0) is 37.5 Å². The predicted molar refractivity (Wildman–Crippen MR) is 101 cm³/mol. The van der Waals surface area contributed by atoms with E-state index in [2.05, 4.69) is 6.08 Å². The first-order valence-corrected chi connectivity index (χ1v) is 10.4. The molecule has 2 heterocycles. The lowest BCUT2D eigenvalue weighted by Gasteiger charge is -2.46. The van der Waals surface area contributed by atoms with Gasteiger partial charge in [0.15, 0.2) is 0 Å². The Hall–Kier alpha value is -1.95. The van der Waals surface area contributed by atoms with Crippen LogP contribution in [0.2, 0.25) is 0 Å². The fraction of sp³-hybridized carbons (Fsp3) is 0.333. The SMILES string of the molecule is Cc1ccc(S(=O)(=O)N2CCCC3(C=CCO3)C2c2ccccc2)cc1. The molecule has 0 amide bonds. The van der Waals surface area contributed by atoms with Gasteiger partial charge < -0.3 is 4.74 Å². The van der Waals surface area contributed by atoms with Crippen LogP contribution in [0, 0.1) is 6.92 Å². The molecule has 2 aromatic carbocycles. The van der Waals surface area contributed by atoms with Crippen LogP contribution in [0.25, 0.3) is 0 Å². The Morgan fingerprint density at radius 3 is 2.46 bits per heavy atom. The quantitative estimate of drug-likeness (QED) is 0.772. The second-order valence-electron chi connectivity index (χ2n) is 7.01. The summed E-state index contributed by atoms with van der Waals surface area (Å²) in [4.78, 5) is 0.336. The zero-order valence-electron chi connectivity index (χ0n) is 14.8. The summed E-state index contributed by atoms with van der Waals surface area (Å²) in [5.41, 5.74) is 1.42. The number of hydrogen-bond donors (Lipinski definition) is 0. The summed E-state index contributed by atoms with van der Waals surface area (Å²) >= 11 is 0. The van der Waals surface area contributed by atoms with Crippen molar-refractivity contribution in [2.24, 2.45) is 0 Å². The van der Waals surface area contributed by atoms with Crippen molar-refractivity contribution in [2.45, 2.75) is 36.3 Å². The molecule has 0 aliphatic carbocycles. The van der Waals surface area contributed by atoms with Crippen LogP contribution in [0.5, 0.6) is 0 Å². The number of nitrogens with zero attached hydrogens (tertiary/aromatic N) is 1. The molecular formula is C21H23NO3S. The standard InChI is InChI=1S/C21H23NO3S/c1-17-9-11-19(12-10-17)26(23,24)22-15-5-13-21(14-6-16-25-21)20(22)18-7-3-2-4-8-18/h2-4,6-12,14,20H,5,13,15-16H2,1H3. The Morgan fingerprint density at radius 1 is 1.08 bits per heavy atom. The van der Waals surface area contributed by atoms with Crippen LogP contribution in [0.1, 0.15) is 30.0 Å². The Labute approximate surface area is 155 Å². The summed E-state index contributed by atoms with van der Waals surface area (Å²) in [7, 11) is -3.62. The van der Waals surface area contributed by atoms with E-state index in [1.807, 2.05) is 55.5 Å². The summed E-state index contributed by atoms with van der Waals surface area (Å²) in [5.74, 6) is 0. The fourth-order valence-electron chi connectivity index (χ4n) is 4.03. The highest BCUT2D eigenvalue weighted by Crippen LogP contribution is 2.46. The summed E-state index contributed by atoms with van der Waals surface area (Å²) < 4.78 is 34.7. The topological polar surface area (TPSA) is 46.6 Å². The van der Waals surface area contributed by atoms with Crippen LogP contribution in [-0.2, 0) is 14.8 Å². The van der Waals surface area contributed by atoms with Gasteiger partial charge >= 0.3 is 0 Å². The van der Waals surface area contributed by atoms with Crippen LogP contribution < -0.4 is 0 Å². The zero-order chi connectivity index (χ0) is 18.2. The molecule has 0 saturated carbocycles. The molecule has 0 radical (unpaired) electrons. The van der Waals surface area contributed by atoms with Crippen LogP contribution in [0.4, 0.5) is 0 Å². The minimum atomic E-state index is -3.62. The van der Waals surface area contributed by atoms with Crippen LogP contribution in [0.3, 0.4) is 0 Å². The van der Waals surface area contributed by atoms with Gasteiger partial charge in [-0.2, -0.15) is 4.31 Å². The molecule has 2 atom stereocenters. The maximum atomic E-state index is 13.5. The Kier molecular flexibility index (Phi) is 4.47. The molecular weight excluding hydrogens is 346 g/mol. The Morgan fingerprint density at radius 2 is 1.81 bits per heavy atom. The number of piperidine rings is 1. The van der Waals surface area contributed by atoms with Crippen molar-refractivity contribution in [3.8, 4) is 0 Å². The van der Waals surface area contributed by atoms with Crippen molar-refractivity contribution in [1.29, 1.82) is 0 Å². The van der Waals surface area contributed by atoms with Crippen molar-refractivity contribution < 1.29 is 13.2 Å². The highest BCUT2D eigenvalue weighted by Gasteiger charge is 2.50. The second kappa shape index (κ2) is 6.65. The highest BCUT2D eigenvalue weighted by molar-refractivity contribution is 7.89. The average molecular weight is 369 g/mol. The monoisotopic (exact) mass is 369 g/mol. The van der Waals surface area contributed by atoms with Gasteiger partial charge in [0.2, 0.25) is 10.0 Å². The molecule has 0 bridgehead atoms. The van der Waals surface area contributed by atoms with Gasteiger partial charge in [0.25, 0.3) is 0 Å². The lowest BCUT2D eigenvalue weighted by molar-refractivity contribution is -0.0534. The van der Waals surface area contributed by atoms with Gasteiger partial charge in [-0.3, -0.25) is 0 Å². The van der Waals surface area contributed by atoms with E-state index in [4.69, 9.17) is 4.74 Å². The number of aryl methyl sites for hydroxylation is 1. The maximum Gasteiger partial charge on any atom is 0.243 e.